The zero-order chi connectivity index (χ0) is 23.7. The van der Waals surface area contributed by atoms with Gasteiger partial charge in [0.2, 0.25) is 0 Å². The van der Waals surface area contributed by atoms with Gasteiger partial charge in [-0.25, -0.2) is 4.79 Å². The number of carbonyl (C=O) groups excluding carboxylic acids is 1. The number of hydrogen-bond donors (Lipinski definition) is 0. The Balaban J connectivity index is 1.34. The average Bonchev–Trinajstić information content (AvgIpc) is 3.51. The molecule has 0 N–H and O–H groups in total. The first-order valence-corrected chi connectivity index (χ1v) is 12.4. The first-order chi connectivity index (χ1) is 16.5. The Morgan fingerprint density at radius 3 is 2.65 bits per heavy atom. The van der Waals surface area contributed by atoms with Crippen LogP contribution in [-0.4, -0.2) is 17.0 Å². The molecule has 3 aromatic carbocycles. The molecule has 0 aliphatic heterocycles. The maximum absolute atomic E-state index is 12.8. The number of fused-ring (bicyclic) bond motifs is 1. The van der Waals surface area contributed by atoms with Gasteiger partial charge in [0, 0.05) is 6.04 Å². The number of methoxy groups -OCH3 is 1. The molecule has 0 amide bonds. The first kappa shape index (κ1) is 22.7. The molecule has 5 rings (SSSR count). The van der Waals surface area contributed by atoms with Gasteiger partial charge in [-0.1, -0.05) is 60.2 Å². The first-order valence-electron chi connectivity index (χ1n) is 11.3. The van der Waals surface area contributed by atoms with Crippen LogP contribution in [0.4, 0.5) is 0 Å². The van der Waals surface area contributed by atoms with Crippen LogP contribution in [0.2, 0.25) is 5.02 Å². The Morgan fingerprint density at radius 2 is 1.85 bits per heavy atom. The summed E-state index contributed by atoms with van der Waals surface area (Å²) in [4.78, 5) is 24.8. The van der Waals surface area contributed by atoms with E-state index < -0.39 is 5.97 Å². The van der Waals surface area contributed by atoms with Crippen molar-refractivity contribution in [2.75, 3.05) is 7.11 Å². The summed E-state index contributed by atoms with van der Waals surface area (Å²) in [6, 6.07) is 19.3. The minimum Gasteiger partial charge on any atom is -0.489 e. The van der Waals surface area contributed by atoms with Crippen LogP contribution >= 0.6 is 23.1 Å². The summed E-state index contributed by atoms with van der Waals surface area (Å²) in [6.45, 7) is 0.384. The fourth-order valence-corrected chi connectivity index (χ4v) is 5.84. The molecule has 1 aromatic heterocycles. The number of nitrogens with zero attached hydrogens (tertiary/aromatic N) is 1. The molecule has 0 spiro atoms. The van der Waals surface area contributed by atoms with Gasteiger partial charge in [-0.3, -0.25) is 8.75 Å². The van der Waals surface area contributed by atoms with Crippen molar-refractivity contribution in [1.29, 1.82) is 0 Å². The van der Waals surface area contributed by atoms with E-state index in [1.54, 1.807) is 12.1 Å². The topological polar surface area (TPSA) is 57.5 Å². The van der Waals surface area contributed by atoms with Crippen LogP contribution in [0.25, 0.3) is 21.2 Å². The van der Waals surface area contributed by atoms with Crippen LogP contribution in [0.5, 0.6) is 5.75 Å². The van der Waals surface area contributed by atoms with Gasteiger partial charge in [-0.2, -0.15) is 0 Å². The van der Waals surface area contributed by atoms with Gasteiger partial charge in [0.1, 0.15) is 12.4 Å². The smallest absolute Gasteiger partial charge is 0.339 e. The van der Waals surface area contributed by atoms with Crippen LogP contribution < -0.4 is 10.3 Å². The highest BCUT2D eigenvalue weighted by Crippen LogP contribution is 2.33. The summed E-state index contributed by atoms with van der Waals surface area (Å²) < 4.78 is 13.8. The summed E-state index contributed by atoms with van der Waals surface area (Å²) in [7, 11) is 1.34. The molecule has 0 unspecified atom stereocenters. The summed E-state index contributed by atoms with van der Waals surface area (Å²) in [5.74, 6) is 0.267. The highest BCUT2D eigenvalue weighted by Gasteiger charge is 2.21. The van der Waals surface area contributed by atoms with Crippen molar-refractivity contribution in [3.63, 3.8) is 0 Å². The average molecular weight is 494 g/mol. The molecule has 0 atom stereocenters. The second-order valence-electron chi connectivity index (χ2n) is 8.49. The number of benzene rings is 3. The predicted octanol–water partition coefficient (Wildman–Crippen LogP) is 6.86. The van der Waals surface area contributed by atoms with E-state index in [9.17, 15) is 9.59 Å². The Morgan fingerprint density at radius 1 is 1.06 bits per heavy atom. The van der Waals surface area contributed by atoms with Crippen LogP contribution in [0.3, 0.4) is 0 Å². The van der Waals surface area contributed by atoms with E-state index in [0.29, 0.717) is 23.2 Å². The number of carbonyl (C=O) groups is 1. The Hall–Kier alpha value is -3.09. The molecule has 7 heteroatoms. The number of aromatic nitrogens is 1. The Labute approximate surface area is 206 Å². The Bertz CT molecular complexity index is 1420. The minimum absolute atomic E-state index is 0.112. The van der Waals surface area contributed by atoms with Crippen molar-refractivity contribution in [2.24, 2.45) is 0 Å². The van der Waals surface area contributed by atoms with Gasteiger partial charge in [-0.15, -0.1) is 0 Å². The van der Waals surface area contributed by atoms with Crippen molar-refractivity contribution < 1.29 is 14.3 Å². The zero-order valence-corrected chi connectivity index (χ0v) is 20.3. The molecule has 174 valence electrons. The van der Waals surface area contributed by atoms with E-state index in [-0.39, 0.29) is 5.56 Å². The van der Waals surface area contributed by atoms with E-state index >= 15 is 0 Å². The molecule has 0 radical (unpaired) electrons. The second-order valence-corrected chi connectivity index (χ2v) is 9.92. The van der Waals surface area contributed by atoms with E-state index in [1.807, 2.05) is 52.5 Å². The van der Waals surface area contributed by atoms with Crippen molar-refractivity contribution in [2.45, 2.75) is 38.3 Å². The lowest BCUT2D eigenvalue weighted by atomic mass is 10.0. The molecule has 0 bridgehead atoms. The molecule has 1 aliphatic rings. The summed E-state index contributed by atoms with van der Waals surface area (Å²) >= 11 is 7.69. The molecule has 34 heavy (non-hydrogen) atoms. The summed E-state index contributed by atoms with van der Waals surface area (Å²) in [6.07, 6.45) is 4.56. The van der Waals surface area contributed by atoms with E-state index in [0.717, 1.165) is 45.4 Å². The molecular formula is C27H24ClNO4S. The monoisotopic (exact) mass is 493 g/mol. The second kappa shape index (κ2) is 9.65. The van der Waals surface area contributed by atoms with Crippen LogP contribution in [0, 0.1) is 0 Å². The van der Waals surface area contributed by atoms with Crippen LogP contribution in [0.15, 0.2) is 65.5 Å². The van der Waals surface area contributed by atoms with Crippen LogP contribution in [-0.2, 0) is 11.3 Å². The predicted molar refractivity (Wildman–Crippen MR) is 136 cm³/mol. The number of esters is 1. The lowest BCUT2D eigenvalue weighted by Crippen LogP contribution is -2.16. The highest BCUT2D eigenvalue weighted by atomic mass is 35.5. The third kappa shape index (κ3) is 4.48. The molecule has 5 nitrogen and oxygen atoms in total. The molecule has 1 aliphatic carbocycles. The van der Waals surface area contributed by atoms with E-state index in [1.165, 1.54) is 31.5 Å². The fourth-order valence-electron chi connectivity index (χ4n) is 4.47. The number of ether oxygens (including phenoxy) is 2. The number of hydrogen-bond acceptors (Lipinski definition) is 5. The van der Waals surface area contributed by atoms with E-state index in [2.05, 4.69) is 0 Å². The lowest BCUT2D eigenvalue weighted by Gasteiger charge is -2.10. The summed E-state index contributed by atoms with van der Waals surface area (Å²) in [5, 5.41) is 1.12. The SMILES string of the molecule is COC(=O)c1cc(-c2cccc(COc3ccc4c(=O)n(C5CCCC5)sc4c3)c2)ccc1Cl. The van der Waals surface area contributed by atoms with Gasteiger partial charge < -0.3 is 9.47 Å². The molecule has 1 heterocycles. The molecule has 1 saturated carbocycles. The van der Waals surface area contributed by atoms with Crippen LogP contribution in [0.1, 0.15) is 47.6 Å². The molecule has 0 saturated heterocycles. The molecular weight excluding hydrogens is 470 g/mol. The molecule has 1 fully saturated rings. The normalized spacial score (nSPS) is 13.9. The molecule has 4 aromatic rings. The van der Waals surface area contributed by atoms with Crippen molar-refractivity contribution in [1.82, 2.24) is 3.96 Å². The third-order valence-electron chi connectivity index (χ3n) is 6.27. The maximum atomic E-state index is 12.8. The minimum atomic E-state index is -0.467. The number of halogens is 1. The zero-order valence-electron chi connectivity index (χ0n) is 18.8. The van der Waals surface area contributed by atoms with Crippen molar-refractivity contribution >= 4 is 39.2 Å². The third-order valence-corrected chi connectivity index (χ3v) is 7.80. The highest BCUT2D eigenvalue weighted by molar-refractivity contribution is 7.13. The maximum Gasteiger partial charge on any atom is 0.339 e. The summed E-state index contributed by atoms with van der Waals surface area (Å²) in [5.41, 5.74) is 3.25. The van der Waals surface area contributed by atoms with E-state index in [4.69, 9.17) is 21.1 Å². The lowest BCUT2D eigenvalue weighted by molar-refractivity contribution is 0.0601. The largest absolute Gasteiger partial charge is 0.489 e. The Kier molecular flexibility index (Phi) is 6.44. The number of rotatable bonds is 6. The standard InChI is InChI=1S/C27H24ClNO4S/c1-32-27(31)23-14-19(9-12-24(23)28)18-6-4-5-17(13-18)16-33-21-10-11-22-25(15-21)34-29(26(22)30)20-7-2-3-8-20/h4-6,9-15,20H,2-3,7-8,16H2,1H3. The van der Waals surface area contributed by atoms with Gasteiger partial charge in [0.05, 0.1) is 27.8 Å². The van der Waals surface area contributed by atoms with Crippen molar-refractivity contribution in [3.05, 3.63) is 87.2 Å². The fraction of sp³-hybridized carbons (Fsp3) is 0.259. The quantitative estimate of drug-likeness (QED) is 0.275. The van der Waals surface area contributed by atoms with Gasteiger partial charge in [0.25, 0.3) is 5.56 Å². The van der Waals surface area contributed by atoms with Gasteiger partial charge in [0.15, 0.2) is 0 Å². The van der Waals surface area contributed by atoms with Gasteiger partial charge in [-0.05, 0) is 65.9 Å². The van der Waals surface area contributed by atoms with Crippen molar-refractivity contribution in [3.8, 4) is 16.9 Å². The van der Waals surface area contributed by atoms with Gasteiger partial charge >= 0.3 is 5.97 Å².